The molecular weight excluding hydrogens is 164 g/mol. The van der Waals surface area contributed by atoms with E-state index in [1.54, 1.807) is 0 Å². The summed E-state index contributed by atoms with van der Waals surface area (Å²) in [5.74, 6) is -0.122. The summed E-state index contributed by atoms with van der Waals surface area (Å²) in [5, 5.41) is 0. The molecule has 1 amide bonds. The Morgan fingerprint density at radius 3 is 2.31 bits per heavy atom. The summed E-state index contributed by atoms with van der Waals surface area (Å²) in [4.78, 5) is 13.7. The van der Waals surface area contributed by atoms with E-state index in [0.717, 1.165) is 32.0 Å². The van der Waals surface area contributed by atoms with Gasteiger partial charge < -0.3 is 10.6 Å². The van der Waals surface area contributed by atoms with E-state index >= 15 is 0 Å². The average molecular weight is 182 g/mol. The number of amides is 1. The number of nitrogens with zero attached hydrogens (tertiary/aromatic N) is 1. The first-order chi connectivity index (χ1) is 6.12. The molecule has 1 aliphatic carbocycles. The maximum Gasteiger partial charge on any atom is 0.223 e. The van der Waals surface area contributed by atoms with E-state index < -0.39 is 0 Å². The van der Waals surface area contributed by atoms with E-state index in [1.807, 2.05) is 6.92 Å². The van der Waals surface area contributed by atoms with Crippen molar-refractivity contribution < 1.29 is 4.79 Å². The minimum absolute atomic E-state index is 0.122. The number of hydrogen-bond acceptors (Lipinski definition) is 2. The average Bonchev–Trinajstić information content (AvgIpc) is 2.88. The zero-order chi connectivity index (χ0) is 9.47. The lowest BCUT2D eigenvalue weighted by atomic mass is 9.80. The van der Waals surface area contributed by atoms with E-state index in [9.17, 15) is 4.79 Å². The molecule has 0 bridgehead atoms. The molecule has 0 atom stereocenters. The molecule has 2 N–H and O–H groups in total. The van der Waals surface area contributed by atoms with Gasteiger partial charge in [-0.25, -0.2) is 0 Å². The summed E-state index contributed by atoms with van der Waals surface area (Å²) in [5.41, 5.74) is 5.15. The molecule has 0 unspecified atom stereocenters. The van der Waals surface area contributed by atoms with Crippen LogP contribution < -0.4 is 5.73 Å². The normalized spacial score (nSPS) is 28.7. The Morgan fingerprint density at radius 2 is 1.92 bits per heavy atom. The van der Waals surface area contributed by atoms with E-state index in [4.69, 9.17) is 5.73 Å². The maximum absolute atomic E-state index is 11.2. The lowest BCUT2D eigenvalue weighted by Gasteiger charge is -2.37. The van der Waals surface area contributed by atoms with Crippen LogP contribution in [-0.4, -0.2) is 29.9 Å². The third kappa shape index (κ3) is 1.70. The second-order valence-electron chi connectivity index (χ2n) is 4.69. The Balaban J connectivity index is 1.90. The smallest absolute Gasteiger partial charge is 0.223 e. The number of carbonyl (C=O) groups is 1. The SMILES string of the molecule is CC1(C(N)=O)CCN(C2CC2)CC1. The van der Waals surface area contributed by atoms with Crippen LogP contribution in [0.5, 0.6) is 0 Å². The topological polar surface area (TPSA) is 46.3 Å². The zero-order valence-corrected chi connectivity index (χ0v) is 8.25. The molecule has 0 spiro atoms. The summed E-state index contributed by atoms with van der Waals surface area (Å²) in [6.07, 6.45) is 4.60. The predicted molar refractivity (Wildman–Crippen MR) is 51.1 cm³/mol. The van der Waals surface area contributed by atoms with Crippen LogP contribution in [0.4, 0.5) is 0 Å². The van der Waals surface area contributed by atoms with Crippen molar-refractivity contribution in [2.24, 2.45) is 11.1 Å². The third-order valence-electron chi connectivity index (χ3n) is 3.56. The lowest BCUT2D eigenvalue weighted by Crippen LogP contribution is -2.46. The van der Waals surface area contributed by atoms with Crippen LogP contribution in [0, 0.1) is 5.41 Å². The molecule has 13 heavy (non-hydrogen) atoms. The highest BCUT2D eigenvalue weighted by Crippen LogP contribution is 2.35. The van der Waals surface area contributed by atoms with Gasteiger partial charge in [-0.05, 0) is 38.8 Å². The van der Waals surface area contributed by atoms with Gasteiger partial charge in [-0.2, -0.15) is 0 Å². The minimum Gasteiger partial charge on any atom is -0.369 e. The lowest BCUT2D eigenvalue weighted by molar-refractivity contribution is -0.129. The fourth-order valence-corrected chi connectivity index (χ4v) is 2.07. The Morgan fingerprint density at radius 1 is 1.38 bits per heavy atom. The number of hydrogen-bond donors (Lipinski definition) is 1. The summed E-state index contributed by atoms with van der Waals surface area (Å²) in [7, 11) is 0. The van der Waals surface area contributed by atoms with Crippen LogP contribution in [0.1, 0.15) is 32.6 Å². The zero-order valence-electron chi connectivity index (χ0n) is 8.25. The van der Waals surface area contributed by atoms with Gasteiger partial charge in [-0.15, -0.1) is 0 Å². The van der Waals surface area contributed by atoms with Gasteiger partial charge in [-0.3, -0.25) is 4.79 Å². The van der Waals surface area contributed by atoms with Gasteiger partial charge in [0, 0.05) is 11.5 Å². The van der Waals surface area contributed by atoms with Gasteiger partial charge in [-0.1, -0.05) is 6.92 Å². The predicted octanol–water partition coefficient (Wildman–Crippen LogP) is 0.736. The second kappa shape index (κ2) is 2.98. The first kappa shape index (κ1) is 9.00. The summed E-state index contributed by atoms with van der Waals surface area (Å²) in [6.45, 7) is 4.12. The van der Waals surface area contributed by atoms with Crippen molar-refractivity contribution in [3.63, 3.8) is 0 Å². The summed E-state index contributed by atoms with van der Waals surface area (Å²) < 4.78 is 0. The first-order valence-electron chi connectivity index (χ1n) is 5.16. The molecule has 1 aliphatic heterocycles. The quantitative estimate of drug-likeness (QED) is 0.684. The molecule has 1 saturated heterocycles. The number of likely N-dealkylation sites (tertiary alicyclic amines) is 1. The first-order valence-corrected chi connectivity index (χ1v) is 5.16. The van der Waals surface area contributed by atoms with Crippen LogP contribution in [-0.2, 0) is 4.79 Å². The van der Waals surface area contributed by atoms with Crippen LogP contribution in [0.15, 0.2) is 0 Å². The molecule has 1 heterocycles. The molecule has 2 rings (SSSR count). The maximum atomic E-state index is 11.2. The Labute approximate surface area is 79.3 Å². The molecule has 0 aromatic rings. The molecule has 1 saturated carbocycles. The number of carbonyl (C=O) groups excluding carboxylic acids is 1. The molecule has 0 aromatic carbocycles. The second-order valence-corrected chi connectivity index (χ2v) is 4.69. The van der Waals surface area contributed by atoms with E-state index in [2.05, 4.69) is 4.90 Å². The Hall–Kier alpha value is -0.570. The number of rotatable bonds is 2. The van der Waals surface area contributed by atoms with Crippen molar-refractivity contribution in [3.05, 3.63) is 0 Å². The Bertz CT molecular complexity index is 215. The molecule has 2 fully saturated rings. The number of piperidine rings is 1. The van der Waals surface area contributed by atoms with Crippen LogP contribution in [0.25, 0.3) is 0 Å². The highest BCUT2D eigenvalue weighted by molar-refractivity contribution is 5.80. The van der Waals surface area contributed by atoms with Crippen molar-refractivity contribution in [2.45, 2.75) is 38.6 Å². The molecule has 0 radical (unpaired) electrons. The largest absolute Gasteiger partial charge is 0.369 e. The monoisotopic (exact) mass is 182 g/mol. The van der Waals surface area contributed by atoms with Gasteiger partial charge in [0.05, 0.1) is 0 Å². The van der Waals surface area contributed by atoms with Crippen molar-refractivity contribution >= 4 is 5.91 Å². The molecule has 74 valence electrons. The van der Waals surface area contributed by atoms with E-state index in [1.165, 1.54) is 12.8 Å². The van der Waals surface area contributed by atoms with E-state index in [0.29, 0.717) is 0 Å². The molecule has 0 aromatic heterocycles. The van der Waals surface area contributed by atoms with Gasteiger partial charge in [0.15, 0.2) is 0 Å². The molecular formula is C10H18N2O. The Kier molecular flexibility index (Phi) is 2.06. The highest BCUT2D eigenvalue weighted by atomic mass is 16.1. The molecule has 3 nitrogen and oxygen atoms in total. The van der Waals surface area contributed by atoms with Gasteiger partial charge >= 0.3 is 0 Å². The van der Waals surface area contributed by atoms with E-state index in [-0.39, 0.29) is 11.3 Å². The number of primary amides is 1. The molecule has 3 heteroatoms. The summed E-state index contributed by atoms with van der Waals surface area (Å²) >= 11 is 0. The van der Waals surface area contributed by atoms with Crippen molar-refractivity contribution in [3.8, 4) is 0 Å². The van der Waals surface area contributed by atoms with Gasteiger partial charge in [0.1, 0.15) is 0 Å². The van der Waals surface area contributed by atoms with Crippen LogP contribution in [0.2, 0.25) is 0 Å². The minimum atomic E-state index is -0.231. The van der Waals surface area contributed by atoms with Crippen LogP contribution >= 0.6 is 0 Å². The fraction of sp³-hybridized carbons (Fsp3) is 0.900. The van der Waals surface area contributed by atoms with Crippen molar-refractivity contribution in [1.29, 1.82) is 0 Å². The standard InChI is InChI=1S/C10H18N2O/c1-10(9(11)13)4-6-12(7-5-10)8-2-3-8/h8H,2-7H2,1H3,(H2,11,13). The highest BCUT2D eigenvalue weighted by Gasteiger charge is 2.39. The molecule has 2 aliphatic rings. The third-order valence-corrected chi connectivity index (χ3v) is 3.56. The van der Waals surface area contributed by atoms with Gasteiger partial charge in [0.2, 0.25) is 5.91 Å². The van der Waals surface area contributed by atoms with Crippen molar-refractivity contribution in [2.75, 3.05) is 13.1 Å². The van der Waals surface area contributed by atoms with Crippen LogP contribution in [0.3, 0.4) is 0 Å². The summed E-state index contributed by atoms with van der Waals surface area (Å²) in [6, 6.07) is 0.831. The van der Waals surface area contributed by atoms with Gasteiger partial charge in [0.25, 0.3) is 0 Å². The van der Waals surface area contributed by atoms with Crippen molar-refractivity contribution in [1.82, 2.24) is 4.90 Å². The number of nitrogens with two attached hydrogens (primary N) is 1. The fourth-order valence-electron chi connectivity index (χ4n) is 2.07.